The van der Waals surface area contributed by atoms with E-state index in [-0.39, 0.29) is 16.8 Å². The molecule has 0 bridgehead atoms. The van der Waals surface area contributed by atoms with Crippen LogP contribution in [0.3, 0.4) is 0 Å². The second-order valence-corrected chi connectivity index (χ2v) is 9.46. The maximum absolute atomic E-state index is 13.2. The van der Waals surface area contributed by atoms with E-state index in [9.17, 15) is 9.59 Å². The normalized spacial score (nSPS) is 22.3. The summed E-state index contributed by atoms with van der Waals surface area (Å²) in [6.07, 6.45) is 4.59. The highest BCUT2D eigenvalue weighted by Crippen LogP contribution is 2.60. The van der Waals surface area contributed by atoms with Crippen molar-refractivity contribution >= 4 is 11.9 Å². The number of hydrogen-bond acceptors (Lipinski definition) is 3. The Hall–Kier alpha value is -2.10. The first-order valence-electron chi connectivity index (χ1n) is 9.82. The molecule has 0 amide bonds. The number of benzene rings is 1. The summed E-state index contributed by atoms with van der Waals surface area (Å²) in [7, 11) is 0. The van der Waals surface area contributed by atoms with Crippen molar-refractivity contribution in [2.24, 2.45) is 16.2 Å². The molecular formula is C23H31O4+. The van der Waals surface area contributed by atoms with Crippen LogP contribution < -0.4 is 4.74 Å². The molecule has 0 saturated carbocycles. The van der Waals surface area contributed by atoms with Crippen LogP contribution in [0.2, 0.25) is 0 Å². The SMILES string of the molecule is CCC1(C(=O)Oc2ccc(C(=O)[OH2+])cc2)CC2=C(C1)C(C)(C)CCC2(C)C. The van der Waals surface area contributed by atoms with Crippen molar-refractivity contribution in [3.05, 3.63) is 41.0 Å². The van der Waals surface area contributed by atoms with E-state index in [1.54, 1.807) is 12.1 Å². The molecule has 4 nitrogen and oxygen atoms in total. The number of allylic oxidation sites excluding steroid dienone is 2. The van der Waals surface area contributed by atoms with E-state index in [1.807, 2.05) is 0 Å². The fourth-order valence-corrected chi connectivity index (χ4v) is 4.60. The van der Waals surface area contributed by atoms with Crippen LogP contribution >= 0.6 is 0 Å². The molecule has 4 heteroatoms. The minimum atomic E-state index is -0.741. The molecular weight excluding hydrogens is 340 g/mol. The molecule has 0 aliphatic heterocycles. The smallest absolute Gasteiger partial charge is 0.549 e. The fraction of sp³-hybridized carbons (Fsp3) is 0.565. The summed E-state index contributed by atoms with van der Waals surface area (Å²) < 4.78 is 5.73. The third-order valence-corrected chi connectivity index (χ3v) is 6.84. The Bertz CT molecular complexity index is 768. The Labute approximate surface area is 161 Å². The Kier molecular flexibility index (Phi) is 4.73. The largest absolute Gasteiger partial charge is 0.561 e. The van der Waals surface area contributed by atoms with Crippen LogP contribution in [0, 0.1) is 16.2 Å². The van der Waals surface area contributed by atoms with E-state index >= 15 is 0 Å². The summed E-state index contributed by atoms with van der Waals surface area (Å²) in [5.41, 5.74) is 2.96. The van der Waals surface area contributed by atoms with Crippen LogP contribution in [-0.4, -0.2) is 17.0 Å². The Morgan fingerprint density at radius 1 is 0.963 bits per heavy atom. The molecule has 2 aliphatic rings. The molecule has 0 heterocycles. The molecule has 0 unspecified atom stereocenters. The zero-order chi connectivity index (χ0) is 20.0. The third kappa shape index (κ3) is 3.42. The van der Waals surface area contributed by atoms with Gasteiger partial charge in [-0.2, -0.15) is 0 Å². The number of ether oxygens (including phenoxy) is 1. The standard InChI is InChI=1S/C23H30O4/c1-6-23(20(26)27-16-9-7-15(8-10-16)19(24)25)13-17-18(14-23)22(4,5)12-11-21(17,2)3/h7-10H,6,11-14H2,1-5H3,(H,24,25)/p+1. The Morgan fingerprint density at radius 2 is 1.44 bits per heavy atom. The molecule has 146 valence electrons. The number of rotatable bonds is 4. The first-order valence-corrected chi connectivity index (χ1v) is 9.82. The number of hydrogen-bond donors (Lipinski definition) is 0. The Balaban J connectivity index is 1.85. The van der Waals surface area contributed by atoms with E-state index in [2.05, 4.69) is 34.6 Å². The fourth-order valence-electron chi connectivity index (χ4n) is 4.60. The van der Waals surface area contributed by atoms with Crippen LogP contribution in [0.1, 0.15) is 77.1 Å². The van der Waals surface area contributed by atoms with E-state index in [0.717, 1.165) is 32.1 Å². The van der Waals surface area contributed by atoms with Crippen molar-refractivity contribution in [2.75, 3.05) is 0 Å². The van der Waals surface area contributed by atoms with Crippen LogP contribution in [0.15, 0.2) is 35.4 Å². The van der Waals surface area contributed by atoms with E-state index in [0.29, 0.717) is 11.3 Å². The lowest BCUT2D eigenvalue weighted by atomic mass is 9.64. The van der Waals surface area contributed by atoms with Gasteiger partial charge in [0, 0.05) is 4.79 Å². The highest BCUT2D eigenvalue weighted by Gasteiger charge is 2.52. The summed E-state index contributed by atoms with van der Waals surface area (Å²) in [6.45, 7) is 11.3. The maximum Gasteiger partial charge on any atom is 0.549 e. The van der Waals surface area contributed by atoms with Gasteiger partial charge in [-0.25, -0.2) is 0 Å². The Morgan fingerprint density at radius 3 is 1.85 bits per heavy atom. The highest BCUT2D eigenvalue weighted by molar-refractivity contribution is 5.88. The molecule has 0 aromatic heterocycles. The first-order chi connectivity index (χ1) is 12.5. The average Bonchev–Trinajstić information content (AvgIpc) is 3.04. The van der Waals surface area contributed by atoms with Gasteiger partial charge in [0.25, 0.3) is 0 Å². The molecule has 27 heavy (non-hydrogen) atoms. The maximum atomic E-state index is 13.2. The zero-order valence-corrected chi connectivity index (χ0v) is 17.1. The molecule has 2 aliphatic carbocycles. The topological polar surface area (TPSA) is 66.3 Å². The number of carbonyl (C=O) groups is 2. The van der Waals surface area contributed by atoms with Gasteiger partial charge in [-0.15, -0.1) is 0 Å². The summed E-state index contributed by atoms with van der Waals surface area (Å²) >= 11 is 0. The molecule has 0 radical (unpaired) electrons. The van der Waals surface area contributed by atoms with Crippen molar-refractivity contribution in [2.45, 2.75) is 66.7 Å². The van der Waals surface area contributed by atoms with Gasteiger partial charge in [0.2, 0.25) is 0 Å². The molecule has 0 atom stereocenters. The van der Waals surface area contributed by atoms with Crippen LogP contribution in [0.25, 0.3) is 0 Å². The molecule has 3 rings (SSSR count). The quantitative estimate of drug-likeness (QED) is 0.331. The van der Waals surface area contributed by atoms with E-state index < -0.39 is 11.4 Å². The third-order valence-electron chi connectivity index (χ3n) is 6.84. The number of carbonyl (C=O) groups excluding carboxylic acids is 2. The van der Waals surface area contributed by atoms with Gasteiger partial charge in [0.1, 0.15) is 11.3 Å². The molecule has 2 N–H and O–H groups in total. The lowest BCUT2D eigenvalue weighted by Crippen LogP contribution is -2.33. The van der Waals surface area contributed by atoms with Crippen molar-refractivity contribution < 1.29 is 19.4 Å². The minimum Gasteiger partial charge on any atom is -0.561 e. The summed E-state index contributed by atoms with van der Waals surface area (Å²) in [5.74, 6) is -0.493. The lowest BCUT2D eigenvalue weighted by molar-refractivity contribution is -0.145. The molecule has 1 aromatic rings. The van der Waals surface area contributed by atoms with Gasteiger partial charge < -0.3 is 9.84 Å². The van der Waals surface area contributed by atoms with Gasteiger partial charge >= 0.3 is 11.9 Å². The van der Waals surface area contributed by atoms with Crippen molar-refractivity contribution in [1.82, 2.24) is 0 Å². The van der Waals surface area contributed by atoms with E-state index in [1.165, 1.54) is 23.3 Å². The molecule has 0 saturated heterocycles. The molecule has 0 spiro atoms. The van der Waals surface area contributed by atoms with Gasteiger partial charge in [-0.1, -0.05) is 45.8 Å². The first kappa shape index (κ1) is 19.7. The summed E-state index contributed by atoms with van der Waals surface area (Å²) in [5, 5.41) is 7.14. The van der Waals surface area contributed by atoms with E-state index in [4.69, 9.17) is 9.84 Å². The molecule has 1 aromatic carbocycles. The second-order valence-electron chi connectivity index (χ2n) is 9.46. The predicted molar refractivity (Wildman–Crippen MR) is 106 cm³/mol. The monoisotopic (exact) mass is 371 g/mol. The van der Waals surface area contributed by atoms with Gasteiger partial charge in [0.15, 0.2) is 0 Å². The summed E-state index contributed by atoms with van der Waals surface area (Å²) in [4.78, 5) is 24.3. The van der Waals surface area contributed by atoms with Crippen molar-refractivity contribution in [3.8, 4) is 5.75 Å². The van der Waals surface area contributed by atoms with Gasteiger partial charge in [-0.3, -0.25) is 4.79 Å². The lowest BCUT2D eigenvalue weighted by Gasteiger charge is -2.41. The van der Waals surface area contributed by atoms with Crippen LogP contribution in [0.4, 0.5) is 0 Å². The zero-order valence-electron chi connectivity index (χ0n) is 17.1. The van der Waals surface area contributed by atoms with Crippen LogP contribution in [0.5, 0.6) is 5.75 Å². The highest BCUT2D eigenvalue weighted by atomic mass is 16.5. The summed E-state index contributed by atoms with van der Waals surface area (Å²) in [6, 6.07) is 6.25. The predicted octanol–water partition coefficient (Wildman–Crippen LogP) is 4.79. The van der Waals surface area contributed by atoms with Crippen molar-refractivity contribution in [3.63, 3.8) is 0 Å². The van der Waals surface area contributed by atoms with Gasteiger partial charge in [-0.05, 0) is 67.2 Å². The van der Waals surface area contributed by atoms with Crippen molar-refractivity contribution in [1.29, 1.82) is 0 Å². The van der Waals surface area contributed by atoms with Gasteiger partial charge in [0.05, 0.1) is 5.41 Å². The number of esters is 1. The molecule has 0 fully saturated rings. The second kappa shape index (κ2) is 6.50. The van der Waals surface area contributed by atoms with Crippen LogP contribution in [-0.2, 0) is 4.79 Å². The minimum absolute atomic E-state index is 0.137. The average molecular weight is 371 g/mol.